The number of halogens is 1. The van der Waals surface area contributed by atoms with Crippen LogP contribution in [0.1, 0.15) is 60.5 Å². The maximum atomic E-state index is 6.49. The van der Waals surface area contributed by atoms with Gasteiger partial charge in [-0.25, -0.2) is 0 Å². The fourth-order valence-corrected chi connectivity index (χ4v) is 4.06. The quantitative estimate of drug-likeness (QED) is 0.862. The molecule has 0 amide bonds. The van der Waals surface area contributed by atoms with Crippen molar-refractivity contribution in [3.8, 4) is 0 Å². The number of hydrogen-bond acceptors (Lipinski definition) is 4. The Morgan fingerprint density at radius 2 is 1.96 bits per heavy atom. The molecule has 4 rings (SSSR count). The van der Waals surface area contributed by atoms with E-state index in [1.165, 1.54) is 24.8 Å². The van der Waals surface area contributed by atoms with Gasteiger partial charge in [0.05, 0.1) is 12.2 Å². The van der Waals surface area contributed by atoms with Crippen molar-refractivity contribution in [2.75, 3.05) is 6.54 Å². The van der Waals surface area contributed by atoms with Crippen LogP contribution in [0.5, 0.6) is 0 Å². The molecule has 3 heterocycles. The van der Waals surface area contributed by atoms with E-state index in [2.05, 4.69) is 31.8 Å². The lowest BCUT2D eigenvalue weighted by atomic mass is 10.1. The smallest absolute Gasteiger partial charge is 0.146 e. The van der Waals surface area contributed by atoms with Gasteiger partial charge in [-0.1, -0.05) is 11.6 Å². The molecule has 1 saturated carbocycles. The van der Waals surface area contributed by atoms with Crippen LogP contribution in [0.15, 0.2) is 0 Å². The normalized spacial score (nSPS) is 22.2. The molecule has 1 aliphatic carbocycles. The van der Waals surface area contributed by atoms with Gasteiger partial charge in [0.25, 0.3) is 0 Å². The maximum absolute atomic E-state index is 6.49. The highest BCUT2D eigenvalue weighted by molar-refractivity contribution is 6.30. The number of hydrogen-bond donors (Lipinski definition) is 0. The molecule has 1 saturated heterocycles. The molecule has 2 fully saturated rings. The molecular formula is C16H23ClN6. The highest BCUT2D eigenvalue weighted by Crippen LogP contribution is 2.40. The summed E-state index contributed by atoms with van der Waals surface area (Å²) in [4.78, 5) is 2.47. The van der Waals surface area contributed by atoms with Crippen LogP contribution in [0.2, 0.25) is 5.15 Å². The van der Waals surface area contributed by atoms with Crippen molar-refractivity contribution >= 4 is 11.6 Å². The molecule has 2 aromatic heterocycles. The van der Waals surface area contributed by atoms with Crippen molar-refractivity contribution in [3.05, 3.63) is 28.1 Å². The van der Waals surface area contributed by atoms with Gasteiger partial charge < -0.3 is 4.57 Å². The summed E-state index contributed by atoms with van der Waals surface area (Å²) in [5.74, 6) is 2.83. The summed E-state index contributed by atoms with van der Waals surface area (Å²) in [5.41, 5.74) is 2.21. The standard InChI is InChI=1S/C16H23ClN6/c1-10-14(15(17)22(3)20-10)12-5-4-8-23(12)9-13-18-19-16(21(13)2)11-6-7-11/h11-12H,4-9H2,1-3H3/t12-/m0/s1. The summed E-state index contributed by atoms with van der Waals surface area (Å²) < 4.78 is 3.96. The van der Waals surface area contributed by atoms with E-state index in [1.54, 1.807) is 4.68 Å². The molecule has 7 heteroatoms. The number of likely N-dealkylation sites (tertiary alicyclic amines) is 1. The fraction of sp³-hybridized carbons (Fsp3) is 0.688. The lowest BCUT2D eigenvalue weighted by Crippen LogP contribution is -2.25. The Labute approximate surface area is 141 Å². The highest BCUT2D eigenvalue weighted by atomic mass is 35.5. The van der Waals surface area contributed by atoms with Gasteiger partial charge >= 0.3 is 0 Å². The van der Waals surface area contributed by atoms with E-state index in [0.717, 1.165) is 42.0 Å². The second-order valence-electron chi connectivity index (χ2n) is 6.85. The molecule has 0 radical (unpaired) electrons. The van der Waals surface area contributed by atoms with Crippen LogP contribution in [-0.2, 0) is 20.6 Å². The van der Waals surface area contributed by atoms with Gasteiger partial charge in [0.2, 0.25) is 0 Å². The van der Waals surface area contributed by atoms with Crippen LogP contribution < -0.4 is 0 Å². The minimum Gasteiger partial charge on any atom is -0.317 e. The third-order valence-electron chi connectivity index (χ3n) is 5.18. The summed E-state index contributed by atoms with van der Waals surface area (Å²) in [6.07, 6.45) is 4.81. The number of rotatable bonds is 4. The molecule has 2 aliphatic rings. The Balaban J connectivity index is 1.58. The molecule has 23 heavy (non-hydrogen) atoms. The van der Waals surface area contributed by atoms with Gasteiger partial charge in [-0.2, -0.15) is 5.10 Å². The Hall–Kier alpha value is -1.40. The first-order chi connectivity index (χ1) is 11.1. The minimum atomic E-state index is 0.331. The van der Waals surface area contributed by atoms with Gasteiger partial charge in [-0.15, -0.1) is 10.2 Å². The van der Waals surface area contributed by atoms with E-state index in [1.807, 2.05) is 14.0 Å². The maximum Gasteiger partial charge on any atom is 0.146 e. The van der Waals surface area contributed by atoms with E-state index in [-0.39, 0.29) is 0 Å². The van der Waals surface area contributed by atoms with Crippen molar-refractivity contribution in [3.63, 3.8) is 0 Å². The molecule has 0 bridgehead atoms. The Bertz CT molecular complexity index is 729. The summed E-state index contributed by atoms with van der Waals surface area (Å²) in [7, 11) is 4.00. The average Bonchev–Trinajstić information content (AvgIpc) is 3.08. The average molecular weight is 335 g/mol. The molecule has 124 valence electrons. The topological polar surface area (TPSA) is 51.8 Å². The lowest BCUT2D eigenvalue weighted by Gasteiger charge is -2.24. The van der Waals surface area contributed by atoms with Crippen molar-refractivity contribution < 1.29 is 0 Å². The molecular weight excluding hydrogens is 312 g/mol. The highest BCUT2D eigenvalue weighted by Gasteiger charge is 2.33. The first kappa shape index (κ1) is 15.1. The van der Waals surface area contributed by atoms with Gasteiger partial charge in [-0.05, 0) is 39.2 Å². The number of nitrogens with zero attached hydrogens (tertiary/aromatic N) is 6. The summed E-state index contributed by atoms with van der Waals surface area (Å²) in [5, 5.41) is 14.1. The molecule has 0 aromatic carbocycles. The number of aryl methyl sites for hydroxylation is 2. The zero-order valence-corrected chi connectivity index (χ0v) is 14.7. The monoisotopic (exact) mass is 334 g/mol. The van der Waals surface area contributed by atoms with Crippen molar-refractivity contribution in [1.82, 2.24) is 29.4 Å². The van der Waals surface area contributed by atoms with E-state index in [4.69, 9.17) is 11.6 Å². The van der Waals surface area contributed by atoms with E-state index >= 15 is 0 Å². The van der Waals surface area contributed by atoms with Crippen molar-refractivity contribution in [1.29, 1.82) is 0 Å². The predicted octanol–water partition coefficient (Wildman–Crippen LogP) is 2.72. The molecule has 0 spiro atoms. The first-order valence-electron chi connectivity index (χ1n) is 8.37. The minimum absolute atomic E-state index is 0.331. The molecule has 6 nitrogen and oxygen atoms in total. The molecule has 0 N–H and O–H groups in total. The first-order valence-corrected chi connectivity index (χ1v) is 8.75. The number of aromatic nitrogens is 5. The summed E-state index contributed by atoms with van der Waals surface area (Å²) >= 11 is 6.49. The predicted molar refractivity (Wildman–Crippen MR) is 88.3 cm³/mol. The van der Waals surface area contributed by atoms with Crippen molar-refractivity contribution in [2.24, 2.45) is 14.1 Å². The third-order valence-corrected chi connectivity index (χ3v) is 5.63. The van der Waals surface area contributed by atoms with Gasteiger partial charge in [0, 0.05) is 31.6 Å². The van der Waals surface area contributed by atoms with Crippen LogP contribution in [0.25, 0.3) is 0 Å². The molecule has 1 atom stereocenters. The zero-order chi connectivity index (χ0) is 16.1. The van der Waals surface area contributed by atoms with Gasteiger partial charge in [0.1, 0.15) is 16.8 Å². The molecule has 1 aliphatic heterocycles. The van der Waals surface area contributed by atoms with Gasteiger partial charge in [-0.3, -0.25) is 9.58 Å². The second kappa shape index (κ2) is 5.60. The second-order valence-corrected chi connectivity index (χ2v) is 7.21. The van der Waals surface area contributed by atoms with Crippen LogP contribution in [-0.4, -0.2) is 36.0 Å². The fourth-order valence-electron chi connectivity index (χ4n) is 3.76. The Kier molecular flexibility index (Phi) is 3.69. The van der Waals surface area contributed by atoms with E-state index < -0.39 is 0 Å². The van der Waals surface area contributed by atoms with Crippen LogP contribution in [0.4, 0.5) is 0 Å². The van der Waals surface area contributed by atoms with Gasteiger partial charge in [0.15, 0.2) is 0 Å². The van der Waals surface area contributed by atoms with Crippen LogP contribution in [0, 0.1) is 6.92 Å². The van der Waals surface area contributed by atoms with Crippen molar-refractivity contribution in [2.45, 2.75) is 51.1 Å². The summed E-state index contributed by atoms with van der Waals surface area (Å²) in [6.45, 7) is 3.94. The zero-order valence-electron chi connectivity index (χ0n) is 14.0. The lowest BCUT2D eigenvalue weighted by molar-refractivity contribution is 0.239. The van der Waals surface area contributed by atoms with Crippen LogP contribution in [0.3, 0.4) is 0 Å². The van der Waals surface area contributed by atoms with E-state index in [9.17, 15) is 0 Å². The molecule has 2 aromatic rings. The Morgan fingerprint density at radius 3 is 2.61 bits per heavy atom. The largest absolute Gasteiger partial charge is 0.317 e. The van der Waals surface area contributed by atoms with Crippen LogP contribution >= 0.6 is 11.6 Å². The summed E-state index contributed by atoms with van der Waals surface area (Å²) in [6, 6.07) is 0.331. The third kappa shape index (κ3) is 2.58. The van der Waals surface area contributed by atoms with E-state index in [0.29, 0.717) is 12.0 Å². The molecule has 0 unspecified atom stereocenters. The SMILES string of the molecule is Cc1nn(C)c(Cl)c1[C@@H]1CCCN1Cc1nnc(C2CC2)n1C. The Morgan fingerprint density at radius 1 is 1.17 bits per heavy atom.